The number of ketones is 2. The topological polar surface area (TPSA) is 227 Å². The van der Waals surface area contributed by atoms with Gasteiger partial charge in [-0.2, -0.15) is 0 Å². The predicted molar refractivity (Wildman–Crippen MR) is 223 cm³/mol. The summed E-state index contributed by atoms with van der Waals surface area (Å²) in [5.74, 6) is -9.77. The van der Waals surface area contributed by atoms with E-state index in [0.29, 0.717) is 77.0 Å². The maximum atomic E-state index is 13.1. The van der Waals surface area contributed by atoms with E-state index in [9.17, 15) is 49.8 Å². The van der Waals surface area contributed by atoms with Crippen LogP contribution in [0.3, 0.4) is 0 Å². The Morgan fingerprint density at radius 3 is 1.13 bits per heavy atom. The van der Waals surface area contributed by atoms with Crippen LogP contribution in [0.5, 0.6) is 0 Å². The minimum atomic E-state index is -2.26. The van der Waals surface area contributed by atoms with E-state index in [0.717, 1.165) is 0 Å². The molecule has 0 aromatic carbocycles. The van der Waals surface area contributed by atoms with Crippen molar-refractivity contribution in [1.82, 2.24) is 0 Å². The van der Waals surface area contributed by atoms with Crippen molar-refractivity contribution in [2.24, 2.45) is 23.7 Å². The van der Waals surface area contributed by atoms with Crippen molar-refractivity contribution in [2.45, 2.75) is 192 Å². The van der Waals surface area contributed by atoms with Crippen molar-refractivity contribution >= 4 is 23.5 Å². The van der Waals surface area contributed by atoms with Crippen LogP contribution in [0.2, 0.25) is 0 Å². The quantitative estimate of drug-likeness (QED) is 0.179. The van der Waals surface area contributed by atoms with Gasteiger partial charge < -0.3 is 49.6 Å². The molecule has 60 heavy (non-hydrogen) atoms. The van der Waals surface area contributed by atoms with Crippen molar-refractivity contribution in [2.75, 3.05) is 0 Å². The van der Waals surface area contributed by atoms with Crippen molar-refractivity contribution in [3.05, 3.63) is 48.6 Å². The molecule has 2 unspecified atom stereocenters. The highest BCUT2D eigenvalue weighted by molar-refractivity contribution is 5.82. The molecule has 3 aliphatic heterocycles. The molecule has 4 bridgehead atoms. The van der Waals surface area contributed by atoms with E-state index in [1.54, 1.807) is 53.7 Å². The summed E-state index contributed by atoms with van der Waals surface area (Å²) >= 11 is 0. The Bertz CT molecular complexity index is 1400. The lowest BCUT2D eigenvalue weighted by Gasteiger charge is -2.45. The monoisotopic (exact) mass is 848 g/mol. The standard InChI is InChI=1S/C46H72O14/c1-29-23-25-39-33(5)37(49)27-35(47)21-17-13-10-8-12-16-20-32(4)58-44(54)42(52)46(56)30(2)24-26-40(60-46)34(6)38(50)28-36(48)22-18-14-9-7-11-15-19-31(3)57-43(53)41(51)45(29,55)59-39/h7-14,29-36,39-42,47-48,51-52,55-56H,15-28H2,1-6H3/b11-7-,12-8-,13-10+,14-9+/t29-,30-,31+,32+,33-,34-,35+,36+,39+,40+,41?,42?,45-,46-/m1/s1. The Hall–Kier alpha value is -3.08. The fourth-order valence-corrected chi connectivity index (χ4v) is 7.82. The molecule has 0 aromatic heterocycles. The number of aliphatic hydroxyl groups excluding tert-OH is 4. The van der Waals surface area contributed by atoms with Crippen LogP contribution in [0, 0.1) is 23.7 Å². The summed E-state index contributed by atoms with van der Waals surface area (Å²) in [6.07, 6.45) is 11.1. The van der Waals surface area contributed by atoms with Gasteiger partial charge in [-0.1, -0.05) is 76.3 Å². The number of Topliss-reactive ketones (excluding diaryl/α,β-unsaturated/α-hetero) is 2. The Kier molecular flexibility index (Phi) is 21.0. The van der Waals surface area contributed by atoms with Crippen LogP contribution in [0.4, 0.5) is 0 Å². The first-order valence-corrected chi connectivity index (χ1v) is 21.9. The molecule has 2 fully saturated rings. The van der Waals surface area contributed by atoms with Gasteiger partial charge >= 0.3 is 11.9 Å². The molecular weight excluding hydrogens is 776 g/mol. The summed E-state index contributed by atoms with van der Waals surface area (Å²) in [6.45, 7) is 9.96. The Morgan fingerprint density at radius 1 is 0.483 bits per heavy atom. The second-order valence-corrected chi connectivity index (χ2v) is 17.3. The average Bonchev–Trinajstić information content (AvgIpc) is 3.20. The van der Waals surface area contributed by atoms with E-state index in [-0.39, 0.29) is 24.4 Å². The first kappa shape index (κ1) is 51.3. The summed E-state index contributed by atoms with van der Waals surface area (Å²) in [7, 11) is 0. The van der Waals surface area contributed by atoms with Crippen molar-refractivity contribution in [1.29, 1.82) is 0 Å². The van der Waals surface area contributed by atoms with E-state index in [1.165, 1.54) is 0 Å². The predicted octanol–water partition coefficient (Wildman–Crippen LogP) is 4.85. The third-order valence-electron chi connectivity index (χ3n) is 12.3. The molecule has 3 heterocycles. The summed E-state index contributed by atoms with van der Waals surface area (Å²) < 4.78 is 22.7. The van der Waals surface area contributed by atoms with Gasteiger partial charge in [-0.05, 0) is 90.9 Å². The van der Waals surface area contributed by atoms with Crippen LogP contribution in [-0.4, -0.2) is 115 Å². The number of ether oxygens (including phenoxy) is 4. The van der Waals surface area contributed by atoms with Gasteiger partial charge in [0.2, 0.25) is 23.8 Å². The SMILES string of the molecule is C[C@@H]1C(=O)C[C@@H](O)CC/C=C/C=C\CC[C@H](C)OC(=O)C(O)[C@]2(O)O[C@@H](CC[C@H]2C)[C@H](C)C(=O)C[C@@H](O)CC/C=C/C=C\CC[C@H](C)OC(=O)C(O)[C@]2(O)O[C@H]1CC[C@H]2C. The zero-order valence-electron chi connectivity index (χ0n) is 36.4. The first-order valence-electron chi connectivity index (χ1n) is 21.9. The van der Waals surface area contributed by atoms with E-state index in [1.807, 2.05) is 36.5 Å². The highest BCUT2D eigenvalue weighted by Gasteiger charge is 2.53. The first-order chi connectivity index (χ1) is 28.3. The molecule has 3 rings (SSSR count). The molecular formula is C46H72O14. The van der Waals surface area contributed by atoms with Gasteiger partial charge in [0.25, 0.3) is 0 Å². The zero-order valence-corrected chi connectivity index (χ0v) is 36.4. The van der Waals surface area contributed by atoms with Gasteiger partial charge in [-0.3, -0.25) is 9.59 Å². The molecule has 14 atom stereocenters. The van der Waals surface area contributed by atoms with Gasteiger partial charge in [0.05, 0.1) is 36.6 Å². The number of carbonyl (C=O) groups is 4. The normalized spacial score (nSPS) is 42.3. The molecule has 3 aliphatic rings. The minimum Gasteiger partial charge on any atom is -0.461 e. The van der Waals surface area contributed by atoms with E-state index >= 15 is 0 Å². The van der Waals surface area contributed by atoms with Crippen molar-refractivity contribution in [3.63, 3.8) is 0 Å². The molecule has 0 aromatic rings. The van der Waals surface area contributed by atoms with Crippen molar-refractivity contribution < 1.29 is 68.8 Å². The van der Waals surface area contributed by atoms with E-state index < -0.39 is 96.0 Å². The molecule has 0 amide bonds. The number of allylic oxidation sites excluding steroid dienone is 8. The number of carbonyl (C=O) groups excluding carboxylic acids is 4. The number of fused-ring (bicyclic) bond motifs is 4. The van der Waals surface area contributed by atoms with Gasteiger partial charge in [0.15, 0.2) is 0 Å². The minimum absolute atomic E-state index is 0.124. The third kappa shape index (κ3) is 15.1. The molecule has 6 N–H and O–H groups in total. The number of hydrogen-bond acceptors (Lipinski definition) is 14. The molecule has 0 radical (unpaired) electrons. The molecule has 0 saturated carbocycles. The maximum Gasteiger partial charge on any atom is 0.340 e. The van der Waals surface area contributed by atoms with Crippen LogP contribution in [-0.2, 0) is 38.1 Å². The summed E-state index contributed by atoms with van der Waals surface area (Å²) in [5, 5.41) is 66.0. The molecule has 340 valence electrons. The van der Waals surface area contributed by atoms with Crippen LogP contribution < -0.4 is 0 Å². The fraction of sp³-hybridized carbons (Fsp3) is 0.739. The van der Waals surface area contributed by atoms with Crippen LogP contribution >= 0.6 is 0 Å². The molecule has 14 heteroatoms. The smallest absolute Gasteiger partial charge is 0.340 e. The Balaban J connectivity index is 1.67. The molecule has 2 saturated heterocycles. The van der Waals surface area contributed by atoms with E-state index in [2.05, 4.69) is 0 Å². The Morgan fingerprint density at radius 2 is 0.800 bits per heavy atom. The molecule has 0 spiro atoms. The largest absolute Gasteiger partial charge is 0.461 e. The van der Waals surface area contributed by atoms with Gasteiger partial charge in [-0.25, -0.2) is 9.59 Å². The number of esters is 2. The summed E-state index contributed by atoms with van der Waals surface area (Å²) in [4.78, 5) is 52.2. The van der Waals surface area contributed by atoms with E-state index in [4.69, 9.17) is 18.9 Å². The zero-order chi connectivity index (χ0) is 44.6. The van der Waals surface area contributed by atoms with Gasteiger partial charge in [-0.15, -0.1) is 0 Å². The Labute approximate surface area is 355 Å². The fourth-order valence-electron chi connectivity index (χ4n) is 7.82. The number of rotatable bonds is 0. The van der Waals surface area contributed by atoms with Crippen LogP contribution in [0.1, 0.15) is 131 Å². The lowest BCUT2D eigenvalue weighted by Crippen LogP contribution is -2.59. The number of aliphatic hydroxyl groups is 6. The lowest BCUT2D eigenvalue weighted by atomic mass is 9.82. The van der Waals surface area contributed by atoms with Gasteiger partial charge in [0, 0.05) is 36.5 Å². The van der Waals surface area contributed by atoms with Crippen LogP contribution in [0.15, 0.2) is 48.6 Å². The van der Waals surface area contributed by atoms with Crippen LogP contribution in [0.25, 0.3) is 0 Å². The summed E-state index contributed by atoms with van der Waals surface area (Å²) in [5.41, 5.74) is 0. The number of cyclic esters (lactones) is 2. The molecule has 14 nitrogen and oxygen atoms in total. The third-order valence-corrected chi connectivity index (χ3v) is 12.3. The number of hydrogen-bond donors (Lipinski definition) is 6. The molecule has 0 aliphatic carbocycles. The van der Waals surface area contributed by atoms with Crippen molar-refractivity contribution in [3.8, 4) is 0 Å². The maximum absolute atomic E-state index is 13.1. The summed E-state index contributed by atoms with van der Waals surface area (Å²) in [6, 6.07) is 0. The highest BCUT2D eigenvalue weighted by atomic mass is 16.7. The average molecular weight is 849 g/mol. The lowest BCUT2D eigenvalue weighted by molar-refractivity contribution is -0.322. The highest BCUT2D eigenvalue weighted by Crippen LogP contribution is 2.39. The second-order valence-electron chi connectivity index (χ2n) is 17.3. The second kappa shape index (κ2) is 24.5. The van der Waals surface area contributed by atoms with Gasteiger partial charge in [0.1, 0.15) is 11.6 Å².